The third kappa shape index (κ3) is 4.05. The molecule has 1 N–H and O–H groups in total. The quantitative estimate of drug-likeness (QED) is 0.910. The van der Waals surface area contributed by atoms with Crippen LogP contribution in [-0.2, 0) is 22.4 Å². The number of rotatable bonds is 5. The van der Waals surface area contributed by atoms with Gasteiger partial charge in [-0.05, 0) is 42.2 Å². The van der Waals surface area contributed by atoms with Gasteiger partial charge in [0.1, 0.15) is 5.82 Å². The minimum Gasteiger partial charge on any atom is -0.347 e. The molecule has 0 fully saturated rings. The molecule has 3 rings (SSSR count). The van der Waals surface area contributed by atoms with Crippen molar-refractivity contribution in [3.8, 4) is 0 Å². The molecule has 0 saturated carbocycles. The van der Waals surface area contributed by atoms with Crippen molar-refractivity contribution in [2.75, 3.05) is 18.0 Å². The van der Waals surface area contributed by atoms with Crippen molar-refractivity contribution in [3.63, 3.8) is 0 Å². The van der Waals surface area contributed by atoms with Gasteiger partial charge >= 0.3 is 0 Å². The van der Waals surface area contributed by atoms with Gasteiger partial charge in [-0.3, -0.25) is 9.59 Å². The molecule has 0 bridgehead atoms. The lowest BCUT2D eigenvalue weighted by atomic mass is 10.0. The van der Waals surface area contributed by atoms with Gasteiger partial charge in [-0.1, -0.05) is 37.3 Å². The second-order valence-corrected chi connectivity index (χ2v) is 6.37. The van der Waals surface area contributed by atoms with Gasteiger partial charge in [0.25, 0.3) is 0 Å². The zero-order chi connectivity index (χ0) is 17.8. The van der Waals surface area contributed by atoms with Crippen LogP contribution in [0, 0.1) is 11.7 Å². The second-order valence-electron chi connectivity index (χ2n) is 6.37. The van der Waals surface area contributed by atoms with Crippen molar-refractivity contribution in [2.45, 2.75) is 19.8 Å². The summed E-state index contributed by atoms with van der Waals surface area (Å²) in [5.41, 5.74) is 2.98. The molecule has 1 heterocycles. The maximum absolute atomic E-state index is 12.9. The van der Waals surface area contributed by atoms with E-state index in [0.29, 0.717) is 13.0 Å². The third-order valence-corrected chi connectivity index (χ3v) is 4.50. The summed E-state index contributed by atoms with van der Waals surface area (Å²) in [6, 6.07) is 13.9. The van der Waals surface area contributed by atoms with E-state index in [1.165, 1.54) is 12.1 Å². The third-order valence-electron chi connectivity index (χ3n) is 4.50. The van der Waals surface area contributed by atoms with Crippen LogP contribution in [0.15, 0.2) is 48.5 Å². The molecule has 1 unspecified atom stereocenters. The summed E-state index contributed by atoms with van der Waals surface area (Å²) in [5.74, 6) is -0.862. The maximum Gasteiger partial charge on any atom is 0.246 e. The fourth-order valence-electron chi connectivity index (χ4n) is 3.10. The SMILES string of the molecule is CC(Cc1ccc(F)cc1)C(=O)NCC(=O)N1CCc2ccccc21. The number of fused-ring (bicyclic) bond motifs is 1. The number of anilines is 1. The van der Waals surface area contributed by atoms with Crippen LogP contribution >= 0.6 is 0 Å². The zero-order valence-corrected chi connectivity index (χ0v) is 14.2. The number of amides is 2. The van der Waals surface area contributed by atoms with Gasteiger partial charge in [-0.25, -0.2) is 4.39 Å². The van der Waals surface area contributed by atoms with E-state index < -0.39 is 0 Å². The van der Waals surface area contributed by atoms with Crippen molar-refractivity contribution >= 4 is 17.5 Å². The van der Waals surface area contributed by atoms with Gasteiger partial charge in [0.2, 0.25) is 11.8 Å². The Morgan fingerprint density at radius 1 is 1.16 bits per heavy atom. The van der Waals surface area contributed by atoms with Crippen molar-refractivity contribution in [3.05, 3.63) is 65.5 Å². The van der Waals surface area contributed by atoms with E-state index in [9.17, 15) is 14.0 Å². The van der Waals surface area contributed by atoms with E-state index in [1.807, 2.05) is 24.3 Å². The zero-order valence-electron chi connectivity index (χ0n) is 14.2. The fraction of sp³-hybridized carbons (Fsp3) is 0.300. The van der Waals surface area contributed by atoms with Crippen molar-refractivity contribution in [1.29, 1.82) is 0 Å². The lowest BCUT2D eigenvalue weighted by molar-refractivity contribution is -0.127. The summed E-state index contributed by atoms with van der Waals surface area (Å²) >= 11 is 0. The summed E-state index contributed by atoms with van der Waals surface area (Å²) in [6.07, 6.45) is 1.35. The van der Waals surface area contributed by atoms with E-state index in [2.05, 4.69) is 5.32 Å². The molecule has 2 amide bonds. The molecule has 1 aliphatic rings. The Morgan fingerprint density at radius 2 is 1.88 bits per heavy atom. The first-order valence-electron chi connectivity index (χ1n) is 8.45. The number of halogens is 1. The van der Waals surface area contributed by atoms with Crippen LogP contribution in [-0.4, -0.2) is 24.9 Å². The first-order chi connectivity index (χ1) is 12.0. The first-order valence-corrected chi connectivity index (χ1v) is 8.45. The van der Waals surface area contributed by atoms with Crippen LogP contribution in [0.4, 0.5) is 10.1 Å². The number of para-hydroxylation sites is 1. The van der Waals surface area contributed by atoms with E-state index in [4.69, 9.17) is 0 Å². The van der Waals surface area contributed by atoms with Crippen LogP contribution in [0.1, 0.15) is 18.1 Å². The van der Waals surface area contributed by atoms with Gasteiger partial charge in [-0.15, -0.1) is 0 Å². The predicted molar refractivity (Wildman–Crippen MR) is 94.8 cm³/mol. The number of carbonyl (C=O) groups is 2. The Balaban J connectivity index is 1.52. The monoisotopic (exact) mass is 340 g/mol. The fourth-order valence-corrected chi connectivity index (χ4v) is 3.10. The minimum atomic E-state index is -0.294. The van der Waals surface area contributed by atoms with Crippen LogP contribution in [0.25, 0.3) is 0 Å². The van der Waals surface area contributed by atoms with Gasteiger partial charge in [0.15, 0.2) is 0 Å². The highest BCUT2D eigenvalue weighted by Gasteiger charge is 2.24. The normalized spacial score (nSPS) is 14.1. The molecule has 4 nitrogen and oxygen atoms in total. The molecule has 2 aromatic rings. The second kappa shape index (κ2) is 7.47. The van der Waals surface area contributed by atoms with Crippen LogP contribution in [0.5, 0.6) is 0 Å². The first kappa shape index (κ1) is 17.1. The molecule has 0 spiro atoms. The molecule has 130 valence electrons. The van der Waals surface area contributed by atoms with E-state index in [0.717, 1.165) is 23.2 Å². The van der Waals surface area contributed by atoms with Gasteiger partial charge in [0.05, 0.1) is 6.54 Å². The lowest BCUT2D eigenvalue weighted by Crippen LogP contribution is -2.41. The largest absolute Gasteiger partial charge is 0.347 e. The highest BCUT2D eigenvalue weighted by molar-refractivity contribution is 5.98. The molecule has 0 aliphatic carbocycles. The topological polar surface area (TPSA) is 49.4 Å². The number of nitrogens with zero attached hydrogens (tertiary/aromatic N) is 1. The Labute approximate surface area is 146 Å². The molecule has 25 heavy (non-hydrogen) atoms. The summed E-state index contributed by atoms with van der Waals surface area (Å²) in [5, 5.41) is 2.72. The standard InChI is InChI=1S/C20H21FN2O2/c1-14(12-15-6-8-17(21)9-7-15)20(25)22-13-19(24)23-11-10-16-4-2-3-5-18(16)23/h2-9,14H,10-13H2,1H3,(H,22,25). The number of hydrogen-bond acceptors (Lipinski definition) is 2. The average molecular weight is 340 g/mol. The molecule has 5 heteroatoms. The Bertz CT molecular complexity index is 774. The van der Waals surface area contributed by atoms with Gasteiger partial charge in [-0.2, -0.15) is 0 Å². The average Bonchev–Trinajstić information content (AvgIpc) is 3.05. The summed E-state index contributed by atoms with van der Waals surface area (Å²) in [7, 11) is 0. The van der Waals surface area contributed by atoms with Crippen molar-refractivity contribution in [1.82, 2.24) is 5.32 Å². The summed E-state index contributed by atoms with van der Waals surface area (Å²) in [6.45, 7) is 2.44. The molecular weight excluding hydrogens is 319 g/mol. The van der Waals surface area contributed by atoms with Gasteiger partial charge in [0, 0.05) is 18.2 Å². The van der Waals surface area contributed by atoms with E-state index in [1.54, 1.807) is 24.0 Å². The lowest BCUT2D eigenvalue weighted by Gasteiger charge is -2.18. The van der Waals surface area contributed by atoms with E-state index >= 15 is 0 Å². The number of hydrogen-bond donors (Lipinski definition) is 1. The summed E-state index contributed by atoms with van der Waals surface area (Å²) in [4.78, 5) is 26.3. The number of nitrogens with one attached hydrogen (secondary N) is 1. The molecule has 1 atom stereocenters. The Hall–Kier alpha value is -2.69. The predicted octanol–water partition coefficient (Wildman–Crippen LogP) is 2.71. The van der Waals surface area contributed by atoms with Crippen molar-refractivity contribution < 1.29 is 14.0 Å². The highest BCUT2D eigenvalue weighted by Crippen LogP contribution is 2.27. The highest BCUT2D eigenvalue weighted by atomic mass is 19.1. The number of carbonyl (C=O) groups excluding carboxylic acids is 2. The smallest absolute Gasteiger partial charge is 0.246 e. The van der Waals surface area contributed by atoms with Gasteiger partial charge < -0.3 is 10.2 Å². The van der Waals surface area contributed by atoms with Crippen LogP contribution in [0.3, 0.4) is 0 Å². The van der Waals surface area contributed by atoms with Crippen LogP contribution in [0.2, 0.25) is 0 Å². The minimum absolute atomic E-state index is 0.0130. The number of benzene rings is 2. The Morgan fingerprint density at radius 3 is 2.64 bits per heavy atom. The van der Waals surface area contributed by atoms with Crippen LogP contribution < -0.4 is 10.2 Å². The molecule has 2 aromatic carbocycles. The summed E-state index contributed by atoms with van der Waals surface area (Å²) < 4.78 is 12.9. The molecular formula is C20H21FN2O2. The van der Waals surface area contributed by atoms with E-state index in [-0.39, 0.29) is 30.1 Å². The molecule has 0 radical (unpaired) electrons. The molecule has 0 saturated heterocycles. The maximum atomic E-state index is 12.9. The molecule has 1 aliphatic heterocycles. The Kier molecular flexibility index (Phi) is 5.12. The molecule has 0 aromatic heterocycles. The van der Waals surface area contributed by atoms with Crippen molar-refractivity contribution in [2.24, 2.45) is 5.92 Å².